The van der Waals surface area contributed by atoms with Gasteiger partial charge >= 0.3 is 0 Å². The predicted molar refractivity (Wildman–Crippen MR) is 102 cm³/mol. The first kappa shape index (κ1) is 18.6. The summed E-state index contributed by atoms with van der Waals surface area (Å²) in [6.45, 7) is 3.70. The van der Waals surface area contributed by atoms with Crippen molar-refractivity contribution in [3.8, 4) is 0 Å². The number of hydrogen-bond acceptors (Lipinski definition) is 2. The molecule has 2 aliphatic rings. The highest BCUT2D eigenvalue weighted by Gasteiger charge is 2.40. The van der Waals surface area contributed by atoms with Crippen LogP contribution in [-0.4, -0.2) is 18.5 Å². The number of halogens is 1. The minimum absolute atomic E-state index is 0.0220. The normalized spacial score (nSPS) is 20.0. The summed E-state index contributed by atoms with van der Waals surface area (Å²) in [6, 6.07) is 17.1. The molecule has 1 amide bonds. The Labute approximate surface area is 155 Å². The number of nitrogens with one attached hydrogen (secondary N) is 2. The quantitative estimate of drug-likeness (QED) is 0.873. The van der Waals surface area contributed by atoms with Crippen LogP contribution in [0.1, 0.15) is 43.7 Å². The van der Waals surface area contributed by atoms with Gasteiger partial charge in [0.2, 0.25) is 5.91 Å². The van der Waals surface area contributed by atoms with E-state index in [4.69, 9.17) is 0 Å². The van der Waals surface area contributed by atoms with Gasteiger partial charge in [-0.15, -0.1) is 0 Å². The molecule has 0 spiro atoms. The summed E-state index contributed by atoms with van der Waals surface area (Å²) < 4.78 is 13.1. The lowest BCUT2D eigenvalue weighted by Crippen LogP contribution is -2.39. The second-order valence-corrected chi connectivity index (χ2v) is 7.39. The molecule has 138 valence electrons. The zero-order valence-corrected chi connectivity index (χ0v) is 15.3. The molecule has 1 saturated heterocycles. The third-order valence-corrected chi connectivity index (χ3v) is 5.21. The molecule has 1 aliphatic heterocycles. The van der Waals surface area contributed by atoms with Crippen molar-refractivity contribution < 1.29 is 9.18 Å². The highest BCUT2D eigenvalue weighted by molar-refractivity contribution is 5.81. The number of amides is 1. The average Bonchev–Trinajstić information content (AvgIpc) is 3.19. The van der Waals surface area contributed by atoms with E-state index in [1.807, 2.05) is 42.5 Å². The molecule has 2 aromatic carbocycles. The first-order chi connectivity index (χ1) is 12.6. The number of rotatable bonds is 4. The fourth-order valence-electron chi connectivity index (χ4n) is 3.22. The Balaban J connectivity index is 0.000000158. The van der Waals surface area contributed by atoms with Gasteiger partial charge in [-0.2, -0.15) is 0 Å². The van der Waals surface area contributed by atoms with Crippen molar-refractivity contribution in [1.82, 2.24) is 10.6 Å². The molecular formula is C22H27FN2O. The lowest BCUT2D eigenvalue weighted by molar-refractivity contribution is -0.122. The Kier molecular flexibility index (Phi) is 6.04. The van der Waals surface area contributed by atoms with Gasteiger partial charge in [0.1, 0.15) is 5.82 Å². The maximum atomic E-state index is 13.1. The van der Waals surface area contributed by atoms with Crippen LogP contribution in [-0.2, 0) is 16.8 Å². The fraction of sp³-hybridized carbons (Fsp3) is 0.409. The van der Waals surface area contributed by atoms with E-state index in [1.54, 1.807) is 12.1 Å². The fourth-order valence-corrected chi connectivity index (χ4v) is 3.22. The van der Waals surface area contributed by atoms with Gasteiger partial charge < -0.3 is 10.6 Å². The second kappa shape index (κ2) is 8.45. The summed E-state index contributed by atoms with van der Waals surface area (Å²) >= 11 is 0. The molecule has 2 aromatic rings. The van der Waals surface area contributed by atoms with Gasteiger partial charge in [-0.05, 0) is 54.8 Å². The van der Waals surface area contributed by atoms with Crippen molar-refractivity contribution in [2.24, 2.45) is 0 Å². The molecule has 0 aromatic heterocycles. The summed E-state index contributed by atoms with van der Waals surface area (Å²) in [5.74, 6) is 0.0730. The lowest BCUT2D eigenvalue weighted by atomic mass is 9.98. The molecule has 1 atom stereocenters. The van der Waals surface area contributed by atoms with Crippen LogP contribution in [0.15, 0.2) is 54.6 Å². The van der Waals surface area contributed by atoms with Crippen LogP contribution in [0.4, 0.5) is 4.39 Å². The van der Waals surface area contributed by atoms with E-state index in [0.29, 0.717) is 6.54 Å². The number of hydrogen-bond donors (Lipinski definition) is 2. The average molecular weight is 354 g/mol. The Hall–Kier alpha value is -2.20. The minimum atomic E-state index is -0.0486. The molecular weight excluding hydrogens is 327 g/mol. The van der Waals surface area contributed by atoms with Gasteiger partial charge in [0.05, 0.1) is 6.04 Å². The Morgan fingerprint density at radius 1 is 1.15 bits per heavy atom. The molecule has 0 bridgehead atoms. The van der Waals surface area contributed by atoms with E-state index in [1.165, 1.54) is 0 Å². The summed E-state index contributed by atoms with van der Waals surface area (Å²) in [7, 11) is 0. The Bertz CT molecular complexity index is 722. The molecule has 1 saturated carbocycles. The third kappa shape index (κ3) is 4.92. The van der Waals surface area contributed by atoms with Crippen molar-refractivity contribution >= 4 is 5.91 Å². The Morgan fingerprint density at radius 3 is 2.46 bits per heavy atom. The smallest absolute Gasteiger partial charge is 0.237 e. The van der Waals surface area contributed by atoms with E-state index < -0.39 is 0 Å². The van der Waals surface area contributed by atoms with Crippen molar-refractivity contribution in [2.75, 3.05) is 6.54 Å². The Morgan fingerprint density at radius 2 is 1.85 bits per heavy atom. The molecule has 4 heteroatoms. The van der Waals surface area contributed by atoms with Crippen LogP contribution in [0.5, 0.6) is 0 Å². The molecule has 3 nitrogen and oxygen atoms in total. The molecule has 0 radical (unpaired) electrons. The highest BCUT2D eigenvalue weighted by Crippen LogP contribution is 2.48. The molecule has 4 rings (SSSR count). The van der Waals surface area contributed by atoms with Crippen LogP contribution in [0, 0.1) is 5.82 Å². The van der Waals surface area contributed by atoms with Crippen molar-refractivity contribution in [3.05, 3.63) is 71.5 Å². The lowest BCUT2D eigenvalue weighted by Gasteiger charge is -2.10. The SMILES string of the molecule is CC1(c2ccccc2F)CC1.O=C(NCc1ccccc1)C1CCCN1. The topological polar surface area (TPSA) is 41.1 Å². The highest BCUT2D eigenvalue weighted by atomic mass is 19.1. The zero-order valence-electron chi connectivity index (χ0n) is 15.3. The first-order valence-electron chi connectivity index (χ1n) is 9.38. The largest absolute Gasteiger partial charge is 0.351 e. The van der Waals surface area contributed by atoms with Gasteiger partial charge in [-0.1, -0.05) is 55.5 Å². The summed E-state index contributed by atoms with van der Waals surface area (Å²) in [5.41, 5.74) is 2.19. The number of carbonyl (C=O) groups excluding carboxylic acids is 1. The van der Waals surface area contributed by atoms with Crippen LogP contribution >= 0.6 is 0 Å². The van der Waals surface area contributed by atoms with E-state index in [9.17, 15) is 9.18 Å². The summed E-state index contributed by atoms with van der Waals surface area (Å²) in [6.07, 6.45) is 4.33. The van der Waals surface area contributed by atoms with Gasteiger partial charge in [0.15, 0.2) is 0 Å². The maximum absolute atomic E-state index is 13.1. The van der Waals surface area contributed by atoms with E-state index in [2.05, 4.69) is 17.6 Å². The van der Waals surface area contributed by atoms with Gasteiger partial charge in [0.25, 0.3) is 0 Å². The van der Waals surface area contributed by atoms with Gasteiger partial charge in [-0.25, -0.2) is 4.39 Å². The van der Waals surface area contributed by atoms with E-state index in [-0.39, 0.29) is 23.2 Å². The minimum Gasteiger partial charge on any atom is -0.351 e. The number of benzene rings is 2. The third-order valence-electron chi connectivity index (χ3n) is 5.21. The predicted octanol–water partition coefficient (Wildman–Crippen LogP) is 3.93. The molecule has 1 unspecified atom stereocenters. The molecule has 26 heavy (non-hydrogen) atoms. The van der Waals surface area contributed by atoms with Crippen LogP contribution < -0.4 is 10.6 Å². The standard InChI is InChI=1S/C12H16N2O.C10H11F/c15-12(11-7-4-8-13-11)14-9-10-5-2-1-3-6-10;1-10(6-7-10)8-4-2-3-5-9(8)11/h1-3,5-6,11,13H,4,7-9H2,(H,14,15);2-5H,6-7H2,1H3. The van der Waals surface area contributed by atoms with E-state index in [0.717, 1.165) is 43.4 Å². The van der Waals surface area contributed by atoms with Crippen molar-refractivity contribution in [3.63, 3.8) is 0 Å². The molecule has 2 fully saturated rings. The van der Waals surface area contributed by atoms with Crippen LogP contribution in [0.3, 0.4) is 0 Å². The maximum Gasteiger partial charge on any atom is 0.237 e. The molecule has 1 heterocycles. The zero-order chi connectivity index (χ0) is 18.4. The molecule has 1 aliphatic carbocycles. The molecule has 2 N–H and O–H groups in total. The summed E-state index contributed by atoms with van der Waals surface area (Å²) in [4.78, 5) is 11.6. The monoisotopic (exact) mass is 354 g/mol. The summed E-state index contributed by atoms with van der Waals surface area (Å²) in [5, 5.41) is 6.12. The van der Waals surface area contributed by atoms with E-state index >= 15 is 0 Å². The van der Waals surface area contributed by atoms with Gasteiger partial charge in [-0.3, -0.25) is 4.79 Å². The van der Waals surface area contributed by atoms with Crippen LogP contribution in [0.2, 0.25) is 0 Å². The second-order valence-electron chi connectivity index (χ2n) is 7.39. The van der Waals surface area contributed by atoms with Gasteiger partial charge in [0, 0.05) is 6.54 Å². The van der Waals surface area contributed by atoms with Crippen molar-refractivity contribution in [2.45, 2.75) is 50.6 Å². The van der Waals surface area contributed by atoms with Crippen LogP contribution in [0.25, 0.3) is 0 Å². The number of carbonyl (C=O) groups is 1. The van der Waals surface area contributed by atoms with Crippen molar-refractivity contribution in [1.29, 1.82) is 0 Å². The first-order valence-corrected chi connectivity index (χ1v) is 9.38.